The van der Waals surface area contributed by atoms with Gasteiger partial charge in [0.25, 0.3) is 0 Å². The van der Waals surface area contributed by atoms with Crippen molar-refractivity contribution in [3.8, 4) is 5.75 Å². The number of nitrogens with zero attached hydrogens (tertiary/aromatic N) is 1. The lowest BCUT2D eigenvalue weighted by molar-refractivity contribution is 0.414. The third-order valence-corrected chi connectivity index (χ3v) is 4.12. The van der Waals surface area contributed by atoms with Crippen molar-refractivity contribution in [2.24, 2.45) is 0 Å². The molecule has 0 aromatic heterocycles. The molecule has 0 spiro atoms. The molecule has 1 aliphatic heterocycles. The molecular weight excluding hydrogens is 240 g/mol. The molecule has 0 bridgehead atoms. The standard InChI is InChI=1S/C11H16N2O3S/c1-16-11-5-3-2-4-10(11)13-7-6-12-17(14,15)9-8-13/h2-5,12H,6-9H2,1H3. The van der Waals surface area contributed by atoms with Crippen LogP contribution in [0.4, 0.5) is 5.69 Å². The van der Waals surface area contributed by atoms with Crippen molar-refractivity contribution in [2.45, 2.75) is 0 Å². The van der Waals surface area contributed by atoms with Gasteiger partial charge in [0.2, 0.25) is 10.0 Å². The van der Waals surface area contributed by atoms with Crippen molar-refractivity contribution in [3.63, 3.8) is 0 Å². The van der Waals surface area contributed by atoms with Gasteiger partial charge < -0.3 is 9.64 Å². The second-order valence-corrected chi connectivity index (χ2v) is 5.80. The molecule has 17 heavy (non-hydrogen) atoms. The van der Waals surface area contributed by atoms with E-state index in [9.17, 15) is 8.42 Å². The summed E-state index contributed by atoms with van der Waals surface area (Å²) in [6.07, 6.45) is 0. The molecule has 0 unspecified atom stereocenters. The fraction of sp³-hybridized carbons (Fsp3) is 0.455. The van der Waals surface area contributed by atoms with E-state index >= 15 is 0 Å². The van der Waals surface area contributed by atoms with Crippen molar-refractivity contribution in [1.29, 1.82) is 0 Å². The monoisotopic (exact) mass is 256 g/mol. The molecule has 0 amide bonds. The van der Waals surface area contributed by atoms with Crippen LogP contribution in [0.3, 0.4) is 0 Å². The van der Waals surface area contributed by atoms with Gasteiger partial charge in [0.1, 0.15) is 5.75 Å². The Morgan fingerprint density at radius 2 is 2.06 bits per heavy atom. The van der Waals surface area contributed by atoms with Crippen LogP contribution in [-0.4, -0.2) is 40.9 Å². The van der Waals surface area contributed by atoms with Crippen LogP contribution in [0.5, 0.6) is 5.75 Å². The summed E-state index contributed by atoms with van der Waals surface area (Å²) in [5, 5.41) is 0. The number of methoxy groups -OCH3 is 1. The van der Waals surface area contributed by atoms with Crippen LogP contribution in [0, 0.1) is 0 Å². The minimum atomic E-state index is -3.11. The van der Waals surface area contributed by atoms with E-state index in [2.05, 4.69) is 4.72 Å². The number of nitrogens with one attached hydrogen (secondary N) is 1. The van der Waals surface area contributed by atoms with Crippen LogP contribution in [0.2, 0.25) is 0 Å². The molecule has 0 atom stereocenters. The Morgan fingerprint density at radius 3 is 2.82 bits per heavy atom. The average Bonchev–Trinajstić information content (AvgIpc) is 2.50. The van der Waals surface area contributed by atoms with E-state index in [0.717, 1.165) is 11.4 Å². The molecule has 5 nitrogen and oxygen atoms in total. The number of ether oxygens (including phenoxy) is 1. The SMILES string of the molecule is COc1ccccc1N1CCNS(=O)(=O)CC1. The number of sulfonamides is 1. The molecule has 2 rings (SSSR count). The van der Waals surface area contributed by atoms with Gasteiger partial charge in [0.15, 0.2) is 0 Å². The quantitative estimate of drug-likeness (QED) is 0.834. The van der Waals surface area contributed by atoms with Crippen LogP contribution >= 0.6 is 0 Å². The highest BCUT2D eigenvalue weighted by atomic mass is 32.2. The van der Waals surface area contributed by atoms with Crippen LogP contribution in [0.1, 0.15) is 0 Å². The number of anilines is 1. The third kappa shape index (κ3) is 2.89. The molecule has 1 aromatic carbocycles. The summed E-state index contributed by atoms with van der Waals surface area (Å²) >= 11 is 0. The molecule has 6 heteroatoms. The zero-order valence-electron chi connectivity index (χ0n) is 9.72. The summed E-state index contributed by atoms with van der Waals surface area (Å²) in [6.45, 7) is 1.57. The maximum absolute atomic E-state index is 11.4. The van der Waals surface area contributed by atoms with Crippen LogP contribution in [0.15, 0.2) is 24.3 Å². The normalized spacial score (nSPS) is 19.7. The maximum Gasteiger partial charge on any atom is 0.213 e. The van der Waals surface area contributed by atoms with E-state index in [1.165, 1.54) is 0 Å². The van der Waals surface area contributed by atoms with E-state index in [4.69, 9.17) is 4.74 Å². The van der Waals surface area contributed by atoms with Crippen LogP contribution in [0.25, 0.3) is 0 Å². The van der Waals surface area contributed by atoms with Gasteiger partial charge in [-0.3, -0.25) is 0 Å². The van der Waals surface area contributed by atoms with Crippen LogP contribution < -0.4 is 14.4 Å². The van der Waals surface area contributed by atoms with Crippen molar-refractivity contribution in [3.05, 3.63) is 24.3 Å². The minimum absolute atomic E-state index is 0.116. The first kappa shape index (κ1) is 12.2. The summed E-state index contributed by atoms with van der Waals surface area (Å²) < 4.78 is 30.7. The molecule has 0 saturated carbocycles. The third-order valence-electron chi connectivity index (χ3n) is 2.76. The Kier molecular flexibility index (Phi) is 3.54. The molecule has 1 aliphatic rings. The summed E-state index contributed by atoms with van der Waals surface area (Å²) in [5.74, 6) is 0.886. The lowest BCUT2D eigenvalue weighted by atomic mass is 10.2. The summed E-state index contributed by atoms with van der Waals surface area (Å²) in [4.78, 5) is 2.02. The van der Waals surface area contributed by atoms with Crippen molar-refractivity contribution in [1.82, 2.24) is 4.72 Å². The molecule has 0 radical (unpaired) electrons. The van der Waals surface area contributed by atoms with Crippen molar-refractivity contribution in [2.75, 3.05) is 37.4 Å². The zero-order valence-corrected chi connectivity index (χ0v) is 10.5. The smallest absolute Gasteiger partial charge is 0.213 e. The van der Waals surface area contributed by atoms with Gasteiger partial charge in [0.05, 0.1) is 18.6 Å². The Bertz CT molecular complexity index is 487. The first-order valence-electron chi connectivity index (χ1n) is 5.48. The molecule has 1 heterocycles. The van der Waals surface area contributed by atoms with Crippen molar-refractivity contribution >= 4 is 15.7 Å². The lowest BCUT2D eigenvalue weighted by Crippen LogP contribution is -2.28. The van der Waals surface area contributed by atoms with E-state index in [1.807, 2.05) is 29.2 Å². The van der Waals surface area contributed by atoms with Gasteiger partial charge >= 0.3 is 0 Å². The maximum atomic E-state index is 11.4. The number of para-hydroxylation sites is 2. The average molecular weight is 256 g/mol. The Hall–Kier alpha value is -1.27. The fourth-order valence-electron chi connectivity index (χ4n) is 1.88. The zero-order chi connectivity index (χ0) is 12.3. The molecule has 1 aromatic rings. The van der Waals surface area contributed by atoms with Gasteiger partial charge in [-0.15, -0.1) is 0 Å². The summed E-state index contributed by atoms with van der Waals surface area (Å²) in [7, 11) is -1.50. The van der Waals surface area contributed by atoms with Gasteiger partial charge in [-0.2, -0.15) is 0 Å². The first-order valence-corrected chi connectivity index (χ1v) is 7.13. The van der Waals surface area contributed by atoms with E-state index in [0.29, 0.717) is 19.6 Å². The number of benzene rings is 1. The highest BCUT2D eigenvalue weighted by Gasteiger charge is 2.20. The van der Waals surface area contributed by atoms with Crippen molar-refractivity contribution < 1.29 is 13.2 Å². The minimum Gasteiger partial charge on any atom is -0.495 e. The molecular formula is C11H16N2O3S. The molecule has 0 aliphatic carbocycles. The highest BCUT2D eigenvalue weighted by molar-refractivity contribution is 7.89. The first-order chi connectivity index (χ1) is 8.12. The van der Waals surface area contributed by atoms with E-state index < -0.39 is 10.0 Å². The molecule has 1 N–H and O–H groups in total. The topological polar surface area (TPSA) is 58.6 Å². The predicted octanol–water partition coefficient (Wildman–Crippen LogP) is 0.435. The Labute approximate surface area is 101 Å². The molecule has 94 valence electrons. The second kappa shape index (κ2) is 4.93. The van der Waals surface area contributed by atoms with Gasteiger partial charge in [-0.25, -0.2) is 13.1 Å². The number of hydrogen-bond acceptors (Lipinski definition) is 4. The van der Waals surface area contributed by atoms with E-state index in [-0.39, 0.29) is 5.75 Å². The Balaban J connectivity index is 2.22. The van der Waals surface area contributed by atoms with Gasteiger partial charge in [-0.1, -0.05) is 12.1 Å². The summed E-state index contributed by atoms with van der Waals surface area (Å²) in [5.41, 5.74) is 0.939. The largest absolute Gasteiger partial charge is 0.495 e. The molecule has 1 saturated heterocycles. The second-order valence-electron chi connectivity index (χ2n) is 3.87. The van der Waals surface area contributed by atoms with Gasteiger partial charge in [0, 0.05) is 19.6 Å². The van der Waals surface area contributed by atoms with Crippen LogP contribution in [-0.2, 0) is 10.0 Å². The summed E-state index contributed by atoms with van der Waals surface area (Å²) in [6, 6.07) is 7.64. The van der Waals surface area contributed by atoms with E-state index in [1.54, 1.807) is 7.11 Å². The number of hydrogen-bond donors (Lipinski definition) is 1. The molecule has 1 fully saturated rings. The number of rotatable bonds is 2. The van der Waals surface area contributed by atoms with Gasteiger partial charge in [-0.05, 0) is 12.1 Å². The fourth-order valence-corrected chi connectivity index (χ4v) is 2.89. The Morgan fingerprint density at radius 1 is 1.29 bits per heavy atom. The highest BCUT2D eigenvalue weighted by Crippen LogP contribution is 2.27. The predicted molar refractivity (Wildman–Crippen MR) is 67.0 cm³/mol. The lowest BCUT2D eigenvalue weighted by Gasteiger charge is -2.23.